The SMILES string of the molecule is Cc1cc(S(=O)(=O)[O-])ccc1NC(=O)c1cc(NC(=O)Nc2cc(C(=O)Nc3[c-]c[c-]cc3)cc(C(=O)Nc3[c-]c[c-]cc3)c2)cc(C(=O)Nc2ccc(S(=O)(=O)[O-])cc2S(=O)(=O)[O-])c1.[Na+].[Na+].[Na+].[Na+].[Na+].[Na+].[Na+]. The zero-order valence-electron chi connectivity index (χ0n) is 39.8. The van der Waals surface area contributed by atoms with Crippen LogP contribution in [0.5, 0.6) is 0 Å². The summed E-state index contributed by atoms with van der Waals surface area (Å²) in [4.78, 5) is 64.6. The Morgan fingerprint density at radius 3 is 1.14 bits per heavy atom. The number of benzene rings is 6. The summed E-state index contributed by atoms with van der Waals surface area (Å²) in [5.74, 6) is -3.63. The number of amides is 6. The molecule has 6 amide bonds. The van der Waals surface area contributed by atoms with E-state index < -0.39 is 86.0 Å². The fourth-order valence-corrected chi connectivity index (χ4v) is 7.53. The minimum Gasteiger partial charge on any atom is -0.744 e. The van der Waals surface area contributed by atoms with Crippen LogP contribution in [0.2, 0.25) is 0 Å². The number of rotatable bonds is 13. The second-order valence-electron chi connectivity index (χ2n) is 13.4. The van der Waals surface area contributed by atoms with Crippen LogP contribution >= 0.6 is 0 Å². The summed E-state index contributed by atoms with van der Waals surface area (Å²) in [7, 11) is -15.7. The zero-order chi connectivity index (χ0) is 47.3. The molecule has 6 N–H and O–H groups in total. The number of nitrogens with one attached hydrogen (secondary N) is 6. The topological polar surface area (TPSA) is 329 Å². The maximum absolute atomic E-state index is 13.7. The Labute approximate surface area is 569 Å². The Bertz CT molecular complexity index is 3200. The minimum atomic E-state index is -5.53. The van der Waals surface area contributed by atoms with Gasteiger partial charge in [0, 0.05) is 39.3 Å². The molecular weight excluding hydrogens is 1070 g/mol. The van der Waals surface area contributed by atoms with E-state index in [1.807, 2.05) is 0 Å². The Kier molecular flexibility index (Phi) is 32.8. The fourth-order valence-electron chi connectivity index (χ4n) is 5.75. The largest absolute Gasteiger partial charge is 1.00 e. The third-order valence-corrected chi connectivity index (χ3v) is 11.3. The summed E-state index contributed by atoms with van der Waals surface area (Å²) >= 11 is 0. The van der Waals surface area contributed by atoms with Crippen LogP contribution < -0.4 is 239 Å². The van der Waals surface area contributed by atoms with Gasteiger partial charge in [0.1, 0.15) is 30.4 Å². The van der Waals surface area contributed by atoms with Crippen molar-refractivity contribution in [3.63, 3.8) is 0 Å². The quantitative estimate of drug-likeness (QED) is 0.0356. The normalized spacial score (nSPS) is 10.3. The predicted molar refractivity (Wildman–Crippen MR) is 227 cm³/mol. The molecule has 0 aromatic heterocycles. The molecule has 0 aliphatic heterocycles. The maximum atomic E-state index is 13.7. The summed E-state index contributed by atoms with van der Waals surface area (Å²) in [6, 6.07) is 30.2. The molecule has 6 rings (SSSR count). The molecule has 0 saturated heterocycles. The van der Waals surface area contributed by atoms with Gasteiger partial charge in [-0.25, -0.2) is 30.0 Å². The number of hydrogen-bond acceptors (Lipinski definition) is 14. The van der Waals surface area contributed by atoms with E-state index in [9.17, 15) is 62.9 Å². The third-order valence-electron chi connectivity index (χ3n) is 8.74. The van der Waals surface area contributed by atoms with Gasteiger partial charge in [0.15, 0.2) is 0 Å². The van der Waals surface area contributed by atoms with Gasteiger partial charge in [0.05, 0.1) is 20.4 Å². The van der Waals surface area contributed by atoms with Gasteiger partial charge in [-0.2, -0.15) is 11.4 Å². The maximum Gasteiger partial charge on any atom is 1.00 e. The number of hydrogen-bond donors (Lipinski definition) is 6. The van der Waals surface area contributed by atoms with Crippen molar-refractivity contribution in [2.24, 2.45) is 0 Å². The van der Waals surface area contributed by atoms with Gasteiger partial charge in [-0.1, -0.05) is 0 Å². The first-order valence-corrected chi connectivity index (χ1v) is 22.3. The molecule has 0 unspecified atom stereocenters. The Balaban J connectivity index is 0. The molecule has 6 aromatic carbocycles. The van der Waals surface area contributed by atoms with Crippen molar-refractivity contribution in [3.05, 3.63) is 161 Å². The van der Waals surface area contributed by atoms with Gasteiger partial charge >= 0.3 is 213 Å². The molecule has 334 valence electrons. The molecule has 72 heavy (non-hydrogen) atoms. The zero-order valence-corrected chi connectivity index (χ0v) is 56.3. The first-order chi connectivity index (χ1) is 30.5. The van der Waals surface area contributed by atoms with Crippen molar-refractivity contribution in [1.82, 2.24) is 0 Å². The second-order valence-corrected chi connectivity index (χ2v) is 17.5. The molecule has 0 aliphatic rings. The van der Waals surface area contributed by atoms with Crippen molar-refractivity contribution in [3.8, 4) is 0 Å². The molecule has 0 spiro atoms. The molecule has 0 aliphatic carbocycles. The van der Waals surface area contributed by atoms with Crippen LogP contribution in [0.4, 0.5) is 38.9 Å². The van der Waals surface area contributed by atoms with Gasteiger partial charge in [-0.3, -0.25) is 43.4 Å². The van der Waals surface area contributed by atoms with Crippen molar-refractivity contribution in [2.75, 3.05) is 31.9 Å². The molecular formula is C42H27N6Na7O14S3. The molecule has 0 saturated carbocycles. The summed E-state index contributed by atoms with van der Waals surface area (Å²) < 4.78 is 105. The van der Waals surface area contributed by atoms with E-state index in [-0.39, 0.29) is 264 Å². The third kappa shape index (κ3) is 21.2. The average molecular weight is 1100 g/mol. The van der Waals surface area contributed by atoms with Crippen molar-refractivity contribution in [2.45, 2.75) is 21.6 Å². The van der Waals surface area contributed by atoms with Crippen molar-refractivity contribution >= 4 is 94.1 Å². The number of urea groups is 1. The van der Waals surface area contributed by atoms with Crippen molar-refractivity contribution in [1.29, 1.82) is 0 Å². The average Bonchev–Trinajstić information content (AvgIpc) is 3.23. The van der Waals surface area contributed by atoms with E-state index in [1.165, 1.54) is 61.5 Å². The smallest absolute Gasteiger partial charge is 0.744 e. The van der Waals surface area contributed by atoms with E-state index in [0.717, 1.165) is 36.4 Å². The molecule has 0 atom stereocenters. The molecule has 6 aromatic rings. The number of carbonyl (C=O) groups excluding carboxylic acids is 5. The van der Waals surface area contributed by atoms with Gasteiger partial charge < -0.3 is 82.0 Å². The van der Waals surface area contributed by atoms with Crippen molar-refractivity contribution < 1.29 is 270 Å². The summed E-state index contributed by atoms with van der Waals surface area (Å²) in [6.07, 6.45) is 0. The van der Waals surface area contributed by atoms with Gasteiger partial charge in [-0.05, 0) is 85.3 Å². The van der Waals surface area contributed by atoms with Crippen LogP contribution in [0.25, 0.3) is 0 Å². The van der Waals surface area contributed by atoms with Gasteiger partial charge in [0.25, 0.3) is 23.6 Å². The van der Waals surface area contributed by atoms with E-state index in [1.54, 1.807) is 0 Å². The molecule has 0 fully saturated rings. The molecule has 20 nitrogen and oxygen atoms in total. The Morgan fingerprint density at radius 2 is 0.792 bits per heavy atom. The van der Waals surface area contributed by atoms with Crippen LogP contribution in [-0.4, -0.2) is 68.6 Å². The van der Waals surface area contributed by atoms with E-state index in [2.05, 4.69) is 56.2 Å². The van der Waals surface area contributed by atoms with Crippen LogP contribution in [0.3, 0.4) is 0 Å². The standard InChI is InChI=1S/C42H30N6O14S3.7Na/c1-24-16-33(63(54,55)56)12-14-35(24)47-40(51)27-18-28(41(52)48-36-15-13-34(64(57,58)59)23-37(36)65(60,61)62)22-32(21-27)46-42(53)45-31-19-25(38(49)43-29-8-4-2-5-9-29)17-26(20-31)39(50)44-30-10-6-3-7-11-30;;;;;;;/h4-8,10,12-23H,1H3,(H,43,49)(H,44,50)(H,47,51)(H,48,52)(H2,45,46,53)(H,54,55,56)(H,57,58,59)(H,60,61,62);;;;;;;/q-4;7*+1/p-3. The summed E-state index contributed by atoms with van der Waals surface area (Å²) in [5.41, 5.74) is -1.59. The summed E-state index contributed by atoms with van der Waals surface area (Å²) in [5, 5.41) is 14.6. The fraction of sp³-hybridized carbons (Fsp3) is 0.0238. The Hall–Kier alpha value is -0.800. The summed E-state index contributed by atoms with van der Waals surface area (Å²) in [6.45, 7) is 1.38. The predicted octanol–water partition coefficient (Wildman–Crippen LogP) is -16.4. The van der Waals surface area contributed by atoms with Crippen LogP contribution in [-0.2, 0) is 30.4 Å². The van der Waals surface area contributed by atoms with E-state index >= 15 is 0 Å². The molecule has 0 radical (unpaired) electrons. The molecule has 30 heteroatoms. The first kappa shape index (κ1) is 73.3. The van der Waals surface area contributed by atoms with E-state index in [4.69, 9.17) is 0 Å². The van der Waals surface area contributed by atoms with Gasteiger partial charge in [0.2, 0.25) is 0 Å². The Morgan fingerprint density at radius 1 is 0.431 bits per heavy atom. The van der Waals surface area contributed by atoms with Crippen LogP contribution in [0, 0.1) is 31.2 Å². The second kappa shape index (κ2) is 32.2. The van der Waals surface area contributed by atoms with Crippen LogP contribution in [0.1, 0.15) is 47.0 Å². The monoisotopic (exact) mass is 1100 g/mol. The minimum absolute atomic E-state index is 0. The number of anilines is 6. The number of carbonyl (C=O) groups is 5. The first-order valence-electron chi connectivity index (χ1n) is 18.0. The number of aryl methyl sites for hydroxylation is 1. The molecule has 0 bridgehead atoms. The van der Waals surface area contributed by atoms with Gasteiger partial charge in [-0.15, -0.1) is 0 Å². The molecule has 0 heterocycles. The van der Waals surface area contributed by atoms with Crippen LogP contribution in [0.15, 0.2) is 124 Å². The van der Waals surface area contributed by atoms with E-state index in [0.29, 0.717) is 12.1 Å².